The van der Waals surface area contributed by atoms with Crippen molar-refractivity contribution in [3.05, 3.63) is 72.3 Å². The third-order valence-corrected chi connectivity index (χ3v) is 4.16. The summed E-state index contributed by atoms with van der Waals surface area (Å²) in [6.07, 6.45) is -0.352. The minimum Gasteiger partial charge on any atom is -0.393 e. The largest absolute Gasteiger partial charge is 0.393 e. The molecule has 0 aliphatic rings. The molecular weight excluding hydrogens is 340 g/mol. The number of anilines is 2. The number of amides is 2. The maximum absolute atomic E-state index is 12.4. The second-order valence-corrected chi connectivity index (χ2v) is 6.54. The lowest BCUT2D eigenvalue weighted by molar-refractivity contribution is -0.118. The standard InChI is InChI=1S/C22H22N2O3/c1-15(25)13-21(26)23-18-9-11-19(12-10-18)24-22(27)14-17-7-4-6-16-5-2-3-8-20(16)17/h2-12,15,25H,13-14H2,1H3,(H,23,26)(H,24,27). The molecule has 0 heterocycles. The lowest BCUT2D eigenvalue weighted by Gasteiger charge is -2.10. The van der Waals surface area contributed by atoms with E-state index < -0.39 is 6.10 Å². The average molecular weight is 362 g/mol. The van der Waals surface area contributed by atoms with Gasteiger partial charge in [0.15, 0.2) is 0 Å². The summed E-state index contributed by atoms with van der Waals surface area (Å²) in [7, 11) is 0. The van der Waals surface area contributed by atoms with Crippen molar-refractivity contribution in [1.29, 1.82) is 0 Å². The number of benzene rings is 3. The van der Waals surface area contributed by atoms with Gasteiger partial charge < -0.3 is 15.7 Å². The lowest BCUT2D eigenvalue weighted by Crippen LogP contribution is -2.17. The van der Waals surface area contributed by atoms with E-state index in [-0.39, 0.29) is 24.7 Å². The van der Waals surface area contributed by atoms with Gasteiger partial charge in [-0.3, -0.25) is 9.59 Å². The summed E-state index contributed by atoms with van der Waals surface area (Å²) in [6.45, 7) is 1.56. The molecule has 1 unspecified atom stereocenters. The van der Waals surface area contributed by atoms with E-state index >= 15 is 0 Å². The first kappa shape index (κ1) is 18.6. The van der Waals surface area contributed by atoms with Crippen LogP contribution in [0.15, 0.2) is 66.7 Å². The molecule has 5 nitrogen and oxygen atoms in total. The maximum atomic E-state index is 12.4. The first-order valence-electron chi connectivity index (χ1n) is 8.86. The van der Waals surface area contributed by atoms with Gasteiger partial charge in [-0.25, -0.2) is 0 Å². The van der Waals surface area contributed by atoms with Crippen LogP contribution in [0.3, 0.4) is 0 Å². The minimum absolute atomic E-state index is 0.0452. The maximum Gasteiger partial charge on any atom is 0.228 e. The smallest absolute Gasteiger partial charge is 0.228 e. The Morgan fingerprint density at radius 3 is 2.11 bits per heavy atom. The number of aliphatic hydroxyl groups is 1. The van der Waals surface area contributed by atoms with Gasteiger partial charge in [0, 0.05) is 11.4 Å². The zero-order valence-electron chi connectivity index (χ0n) is 15.1. The predicted molar refractivity (Wildman–Crippen MR) is 108 cm³/mol. The molecule has 0 aliphatic heterocycles. The summed E-state index contributed by atoms with van der Waals surface area (Å²) in [6, 6.07) is 20.8. The Morgan fingerprint density at radius 2 is 1.44 bits per heavy atom. The summed E-state index contributed by atoms with van der Waals surface area (Å²) in [5.74, 6) is -0.352. The Bertz CT molecular complexity index is 944. The molecule has 0 spiro atoms. The van der Waals surface area contributed by atoms with Gasteiger partial charge in [-0.05, 0) is 47.5 Å². The first-order valence-corrected chi connectivity index (χ1v) is 8.86. The molecule has 3 aromatic carbocycles. The van der Waals surface area contributed by atoms with Crippen molar-refractivity contribution in [2.24, 2.45) is 0 Å². The van der Waals surface area contributed by atoms with Crippen molar-refractivity contribution in [1.82, 2.24) is 0 Å². The molecule has 2 amide bonds. The van der Waals surface area contributed by atoms with Crippen molar-refractivity contribution in [2.45, 2.75) is 25.9 Å². The van der Waals surface area contributed by atoms with E-state index in [0.29, 0.717) is 11.4 Å². The van der Waals surface area contributed by atoms with Crippen LogP contribution >= 0.6 is 0 Å². The number of carbonyl (C=O) groups excluding carboxylic acids is 2. The van der Waals surface area contributed by atoms with E-state index in [1.54, 1.807) is 31.2 Å². The second kappa shape index (κ2) is 8.47. The number of carbonyl (C=O) groups is 2. The van der Waals surface area contributed by atoms with E-state index in [1.807, 2.05) is 42.5 Å². The number of hydrogen-bond acceptors (Lipinski definition) is 3. The highest BCUT2D eigenvalue weighted by molar-refractivity contribution is 5.96. The monoisotopic (exact) mass is 362 g/mol. The fraction of sp³-hybridized carbons (Fsp3) is 0.182. The van der Waals surface area contributed by atoms with Crippen LogP contribution in [0.5, 0.6) is 0 Å². The molecule has 1 atom stereocenters. The molecule has 0 bridgehead atoms. The van der Waals surface area contributed by atoms with Gasteiger partial charge in [-0.15, -0.1) is 0 Å². The summed E-state index contributed by atoms with van der Waals surface area (Å²) >= 11 is 0. The van der Waals surface area contributed by atoms with Gasteiger partial charge in [-0.1, -0.05) is 42.5 Å². The fourth-order valence-electron chi connectivity index (χ4n) is 2.94. The van der Waals surface area contributed by atoms with Gasteiger partial charge in [0.05, 0.1) is 18.9 Å². The zero-order valence-corrected chi connectivity index (χ0v) is 15.1. The van der Waals surface area contributed by atoms with Gasteiger partial charge >= 0.3 is 0 Å². The van der Waals surface area contributed by atoms with Gasteiger partial charge in [-0.2, -0.15) is 0 Å². The highest BCUT2D eigenvalue weighted by Gasteiger charge is 2.09. The molecule has 3 N–H and O–H groups in total. The molecule has 27 heavy (non-hydrogen) atoms. The van der Waals surface area contributed by atoms with Gasteiger partial charge in [0.2, 0.25) is 11.8 Å². The Labute approximate surface area is 158 Å². The summed E-state index contributed by atoms with van der Waals surface area (Å²) in [5, 5.41) is 17.0. The van der Waals surface area contributed by atoms with E-state index in [9.17, 15) is 14.7 Å². The van der Waals surface area contributed by atoms with E-state index in [2.05, 4.69) is 10.6 Å². The third-order valence-electron chi connectivity index (χ3n) is 4.16. The molecule has 0 saturated heterocycles. The SMILES string of the molecule is CC(O)CC(=O)Nc1ccc(NC(=O)Cc2cccc3ccccc23)cc1. The van der Waals surface area contributed by atoms with E-state index in [0.717, 1.165) is 16.3 Å². The normalized spacial score (nSPS) is 11.8. The molecule has 0 aromatic heterocycles. The molecule has 0 fully saturated rings. The van der Waals surface area contributed by atoms with Crippen LogP contribution < -0.4 is 10.6 Å². The Hall–Kier alpha value is -3.18. The topological polar surface area (TPSA) is 78.4 Å². The zero-order chi connectivity index (χ0) is 19.2. The van der Waals surface area contributed by atoms with Crippen molar-refractivity contribution in [2.75, 3.05) is 10.6 Å². The number of fused-ring (bicyclic) bond motifs is 1. The molecule has 3 rings (SSSR count). The number of aliphatic hydroxyl groups excluding tert-OH is 1. The Balaban J connectivity index is 1.61. The number of rotatable bonds is 6. The van der Waals surface area contributed by atoms with Crippen molar-refractivity contribution in [3.8, 4) is 0 Å². The quantitative estimate of drug-likeness (QED) is 0.625. The molecule has 0 aliphatic carbocycles. The number of hydrogen-bond donors (Lipinski definition) is 3. The van der Waals surface area contributed by atoms with Crippen molar-refractivity contribution < 1.29 is 14.7 Å². The first-order chi connectivity index (χ1) is 13.0. The molecule has 138 valence electrons. The van der Waals surface area contributed by atoms with Crippen molar-refractivity contribution >= 4 is 34.0 Å². The van der Waals surface area contributed by atoms with Crippen LogP contribution in [0.2, 0.25) is 0 Å². The Kier molecular flexibility index (Phi) is 5.84. The van der Waals surface area contributed by atoms with Crippen LogP contribution in [0, 0.1) is 0 Å². The summed E-state index contributed by atoms with van der Waals surface area (Å²) in [4.78, 5) is 24.1. The van der Waals surface area contributed by atoms with Crippen LogP contribution in [0.4, 0.5) is 11.4 Å². The third kappa shape index (κ3) is 5.15. The molecular formula is C22H22N2O3. The average Bonchev–Trinajstić information content (AvgIpc) is 2.63. The molecule has 0 radical (unpaired) electrons. The van der Waals surface area contributed by atoms with Crippen LogP contribution in [0.25, 0.3) is 10.8 Å². The molecule has 0 saturated carbocycles. The fourth-order valence-corrected chi connectivity index (χ4v) is 2.94. The second-order valence-electron chi connectivity index (χ2n) is 6.54. The highest BCUT2D eigenvalue weighted by atomic mass is 16.3. The van der Waals surface area contributed by atoms with Crippen LogP contribution in [0.1, 0.15) is 18.9 Å². The number of nitrogens with one attached hydrogen (secondary N) is 2. The van der Waals surface area contributed by atoms with Crippen LogP contribution in [-0.2, 0) is 16.0 Å². The predicted octanol–water partition coefficient (Wildman–Crippen LogP) is 3.73. The summed E-state index contributed by atoms with van der Waals surface area (Å²) < 4.78 is 0. The van der Waals surface area contributed by atoms with E-state index in [4.69, 9.17) is 0 Å². The van der Waals surface area contributed by atoms with E-state index in [1.165, 1.54) is 0 Å². The lowest BCUT2D eigenvalue weighted by atomic mass is 10.0. The van der Waals surface area contributed by atoms with Gasteiger partial charge in [0.1, 0.15) is 0 Å². The van der Waals surface area contributed by atoms with Crippen LogP contribution in [-0.4, -0.2) is 23.0 Å². The molecule has 5 heteroatoms. The van der Waals surface area contributed by atoms with Crippen molar-refractivity contribution in [3.63, 3.8) is 0 Å². The highest BCUT2D eigenvalue weighted by Crippen LogP contribution is 2.20. The van der Waals surface area contributed by atoms with Gasteiger partial charge in [0.25, 0.3) is 0 Å². The Morgan fingerprint density at radius 1 is 0.852 bits per heavy atom. The summed E-state index contributed by atoms with van der Waals surface area (Å²) in [5.41, 5.74) is 2.26. The molecule has 3 aromatic rings. The minimum atomic E-state index is -0.683.